The molecule has 176 valence electrons. The Labute approximate surface area is 213 Å². The van der Waals surface area contributed by atoms with Crippen molar-refractivity contribution in [2.45, 2.75) is 32.1 Å². The number of hydrogen-bond donors (Lipinski definition) is 1. The molecule has 4 rings (SSSR count). The molecule has 1 unspecified atom stereocenters. The van der Waals surface area contributed by atoms with Crippen molar-refractivity contribution in [3.63, 3.8) is 0 Å². The van der Waals surface area contributed by atoms with Crippen molar-refractivity contribution in [2.24, 2.45) is 0 Å². The van der Waals surface area contributed by atoms with Crippen LogP contribution in [-0.4, -0.2) is 33.3 Å². The molecule has 0 aliphatic carbocycles. The average molecular weight is 591 g/mol. The summed E-state index contributed by atoms with van der Waals surface area (Å²) in [5, 5.41) is 12.0. The summed E-state index contributed by atoms with van der Waals surface area (Å²) in [6.07, 6.45) is 0.584. The van der Waals surface area contributed by atoms with Crippen LogP contribution in [0.4, 0.5) is 21.0 Å². The average Bonchev–Trinajstić information content (AvgIpc) is 3.32. The maximum absolute atomic E-state index is 13.8. The quantitative estimate of drug-likeness (QED) is 0.400. The molecule has 1 saturated heterocycles. The summed E-state index contributed by atoms with van der Waals surface area (Å²) < 4.78 is 7.99. The minimum atomic E-state index is -2.52. The molecule has 0 saturated carbocycles. The summed E-state index contributed by atoms with van der Waals surface area (Å²) >= 11 is 6.68. The number of carbonyl (C=O) groups excluding carboxylic acids is 3. The van der Waals surface area contributed by atoms with Gasteiger partial charge in [0, 0.05) is 20.8 Å². The van der Waals surface area contributed by atoms with Crippen LogP contribution in [0.5, 0.6) is 0 Å². The zero-order chi connectivity index (χ0) is 24.8. The first kappa shape index (κ1) is 24.2. The molecular formula is C24H21Br2N3O5. The number of amides is 3. The van der Waals surface area contributed by atoms with Crippen LogP contribution in [0, 0.1) is 0 Å². The third-order valence-corrected chi connectivity index (χ3v) is 6.13. The molecule has 1 atom stereocenters. The summed E-state index contributed by atoms with van der Waals surface area (Å²) in [5.41, 5.74) is -2.92. The first-order chi connectivity index (χ1) is 15.9. The Bertz CT molecular complexity index is 1270. The van der Waals surface area contributed by atoms with Gasteiger partial charge in [0.1, 0.15) is 5.60 Å². The Morgan fingerprint density at radius 1 is 0.912 bits per heavy atom. The van der Waals surface area contributed by atoms with Gasteiger partial charge in [-0.25, -0.2) is 14.5 Å². The summed E-state index contributed by atoms with van der Waals surface area (Å²) in [5.74, 6) is -0.925. The first-order valence-electron chi connectivity index (χ1n) is 10.3. The highest BCUT2D eigenvalue weighted by Gasteiger charge is 2.60. The number of aliphatic hydroxyl groups is 1. The molecule has 3 amide bonds. The number of aromatic nitrogens is 1. The van der Waals surface area contributed by atoms with Crippen LogP contribution in [0.3, 0.4) is 0 Å². The third kappa shape index (κ3) is 4.17. The van der Waals surface area contributed by atoms with Crippen molar-refractivity contribution in [3.05, 3.63) is 81.5 Å². The first-order valence-corrected chi connectivity index (χ1v) is 11.9. The number of hydrogen-bond acceptors (Lipinski definition) is 5. The molecular weight excluding hydrogens is 570 g/mol. The van der Waals surface area contributed by atoms with E-state index in [0.29, 0.717) is 0 Å². The summed E-state index contributed by atoms with van der Waals surface area (Å²) in [4.78, 5) is 42.1. The highest BCUT2D eigenvalue weighted by molar-refractivity contribution is 9.10. The van der Waals surface area contributed by atoms with Crippen molar-refractivity contribution in [2.75, 3.05) is 9.80 Å². The number of ether oxygens (including phenoxy) is 1. The van der Waals surface area contributed by atoms with Gasteiger partial charge in [-0.05, 0) is 81.4 Å². The van der Waals surface area contributed by atoms with Gasteiger partial charge in [0.05, 0.1) is 11.4 Å². The Hall–Kier alpha value is -2.95. The number of urea groups is 1. The number of halogens is 2. The summed E-state index contributed by atoms with van der Waals surface area (Å²) in [7, 11) is 0. The van der Waals surface area contributed by atoms with Gasteiger partial charge in [0.2, 0.25) is 0 Å². The van der Waals surface area contributed by atoms with E-state index in [4.69, 9.17) is 4.74 Å². The standard InChI is InChI=1S/C24H21Br2N3O5/c1-23(2,3)34-22(32)27-14-4-5-19(27)24(33)20(30)28(17-10-6-15(25)7-11-17)21(31)29(24)18-12-8-16(26)9-13-18/h4-14,33H,1-3H3. The molecule has 0 bridgehead atoms. The number of carbonyl (C=O) groups is 3. The summed E-state index contributed by atoms with van der Waals surface area (Å²) in [6.45, 7) is 5.11. The van der Waals surface area contributed by atoms with Crippen LogP contribution >= 0.6 is 31.9 Å². The predicted molar refractivity (Wildman–Crippen MR) is 134 cm³/mol. The van der Waals surface area contributed by atoms with Crippen LogP contribution < -0.4 is 9.80 Å². The lowest BCUT2D eigenvalue weighted by molar-refractivity contribution is -0.134. The molecule has 1 aliphatic rings. The number of nitrogens with zero attached hydrogens (tertiary/aromatic N) is 3. The van der Waals surface area contributed by atoms with Crippen LogP contribution in [-0.2, 0) is 15.3 Å². The van der Waals surface area contributed by atoms with Crippen LogP contribution in [0.15, 0.2) is 75.8 Å². The van der Waals surface area contributed by atoms with Crippen LogP contribution in [0.2, 0.25) is 0 Å². The van der Waals surface area contributed by atoms with Gasteiger partial charge >= 0.3 is 12.1 Å². The van der Waals surface area contributed by atoms with E-state index in [1.165, 1.54) is 18.3 Å². The van der Waals surface area contributed by atoms with E-state index in [-0.39, 0.29) is 17.1 Å². The Morgan fingerprint density at radius 3 is 1.97 bits per heavy atom. The summed E-state index contributed by atoms with van der Waals surface area (Å²) in [6, 6.07) is 15.2. The van der Waals surface area contributed by atoms with Gasteiger partial charge in [0.25, 0.3) is 11.6 Å². The minimum Gasteiger partial charge on any atom is -0.443 e. The lowest BCUT2D eigenvalue weighted by Gasteiger charge is -2.31. The van der Waals surface area contributed by atoms with E-state index in [1.807, 2.05) is 0 Å². The van der Waals surface area contributed by atoms with Gasteiger partial charge in [-0.2, -0.15) is 0 Å². The smallest absolute Gasteiger partial charge is 0.418 e. The zero-order valence-corrected chi connectivity index (χ0v) is 21.7. The Kier molecular flexibility index (Phi) is 6.17. The molecule has 1 fully saturated rings. The molecule has 2 aromatic carbocycles. The molecule has 1 N–H and O–H groups in total. The largest absolute Gasteiger partial charge is 0.443 e. The SMILES string of the molecule is CC(C)(C)OC(=O)n1cccc1C1(O)C(=O)N(c2ccc(Br)cc2)C(=O)N1c1ccc(Br)cc1. The van der Waals surface area contributed by atoms with Crippen LogP contribution in [0.25, 0.3) is 0 Å². The van der Waals surface area contributed by atoms with E-state index in [0.717, 1.165) is 23.3 Å². The highest BCUT2D eigenvalue weighted by Crippen LogP contribution is 2.41. The molecule has 1 aliphatic heterocycles. The van der Waals surface area contributed by atoms with E-state index in [2.05, 4.69) is 31.9 Å². The van der Waals surface area contributed by atoms with Gasteiger partial charge in [-0.3, -0.25) is 14.3 Å². The van der Waals surface area contributed by atoms with Crippen molar-refractivity contribution in [1.29, 1.82) is 0 Å². The molecule has 2 heterocycles. The molecule has 8 nitrogen and oxygen atoms in total. The van der Waals surface area contributed by atoms with E-state index in [1.54, 1.807) is 69.3 Å². The molecule has 10 heteroatoms. The van der Waals surface area contributed by atoms with Gasteiger partial charge in [0.15, 0.2) is 0 Å². The van der Waals surface area contributed by atoms with Crippen molar-refractivity contribution in [1.82, 2.24) is 4.57 Å². The second kappa shape index (κ2) is 8.68. The topological polar surface area (TPSA) is 92.1 Å². The number of imide groups is 1. The normalized spacial score (nSPS) is 18.5. The van der Waals surface area contributed by atoms with E-state index >= 15 is 0 Å². The number of benzene rings is 2. The molecule has 3 aromatic rings. The molecule has 0 radical (unpaired) electrons. The second-order valence-corrected chi connectivity index (χ2v) is 10.5. The van der Waals surface area contributed by atoms with Gasteiger partial charge < -0.3 is 9.84 Å². The molecule has 1 aromatic heterocycles. The monoisotopic (exact) mass is 589 g/mol. The van der Waals surface area contributed by atoms with Gasteiger partial charge in [-0.1, -0.05) is 31.9 Å². The van der Waals surface area contributed by atoms with E-state index < -0.39 is 29.4 Å². The highest BCUT2D eigenvalue weighted by atomic mass is 79.9. The van der Waals surface area contributed by atoms with E-state index in [9.17, 15) is 19.5 Å². The Morgan fingerprint density at radius 2 is 1.44 bits per heavy atom. The second-order valence-electron chi connectivity index (χ2n) is 8.63. The molecule has 0 spiro atoms. The van der Waals surface area contributed by atoms with Gasteiger partial charge in [-0.15, -0.1) is 0 Å². The maximum Gasteiger partial charge on any atom is 0.418 e. The zero-order valence-electron chi connectivity index (χ0n) is 18.5. The maximum atomic E-state index is 13.8. The minimum absolute atomic E-state index is 0.123. The third-order valence-electron chi connectivity index (χ3n) is 5.07. The van der Waals surface area contributed by atoms with Crippen LogP contribution in [0.1, 0.15) is 26.5 Å². The lowest BCUT2D eigenvalue weighted by atomic mass is 10.1. The number of rotatable bonds is 3. The number of anilines is 2. The fourth-order valence-electron chi connectivity index (χ4n) is 3.64. The van der Waals surface area contributed by atoms with Crippen molar-refractivity contribution in [3.8, 4) is 0 Å². The lowest BCUT2D eigenvalue weighted by Crippen LogP contribution is -2.49. The van der Waals surface area contributed by atoms with Crippen molar-refractivity contribution < 1.29 is 24.2 Å². The fraction of sp³-hybridized carbons (Fsp3) is 0.208. The Balaban J connectivity index is 1.89. The molecule has 34 heavy (non-hydrogen) atoms. The fourth-order valence-corrected chi connectivity index (χ4v) is 4.17. The van der Waals surface area contributed by atoms with Crippen molar-refractivity contribution >= 4 is 61.3 Å². The predicted octanol–water partition coefficient (Wildman–Crippen LogP) is 5.61.